The molecule has 0 saturated heterocycles. The Kier molecular flexibility index (Phi) is 6.69. The number of hydrogen-bond donors (Lipinski definition) is 1. The number of carbonyl (C=O) groups excluding carboxylic acids is 1. The first kappa shape index (κ1) is 22.5. The quantitative estimate of drug-likeness (QED) is 0.411. The lowest BCUT2D eigenvalue weighted by Crippen LogP contribution is -2.12. The molecule has 0 bridgehead atoms. The third kappa shape index (κ3) is 5.11. The van der Waals surface area contributed by atoms with Crippen molar-refractivity contribution in [1.29, 1.82) is 0 Å². The van der Waals surface area contributed by atoms with Gasteiger partial charge in [-0.05, 0) is 49.4 Å². The molecule has 1 heterocycles. The number of alkyl halides is 3. The van der Waals surface area contributed by atoms with Crippen molar-refractivity contribution in [3.63, 3.8) is 0 Å². The van der Waals surface area contributed by atoms with Crippen LogP contribution in [0.25, 0.3) is 16.9 Å². The van der Waals surface area contributed by atoms with E-state index in [1.807, 2.05) is 0 Å². The SMILES string of the molecule is Cc1c(C(=O)S)nn(-c2ccc(Cl)cc2Cl)c1-c1ccc(OCCC(F)(F)F)cc1. The van der Waals surface area contributed by atoms with Crippen LogP contribution in [0.3, 0.4) is 0 Å². The second kappa shape index (κ2) is 8.91. The summed E-state index contributed by atoms with van der Waals surface area (Å²) in [6, 6.07) is 11.3. The lowest BCUT2D eigenvalue weighted by Gasteiger charge is -2.12. The molecular formula is C20H15Cl2F3N2O2S. The van der Waals surface area contributed by atoms with Gasteiger partial charge in [-0.25, -0.2) is 4.68 Å². The average Bonchev–Trinajstić information content (AvgIpc) is 2.98. The number of carbonyl (C=O) groups is 1. The Morgan fingerprint density at radius 3 is 2.40 bits per heavy atom. The van der Waals surface area contributed by atoms with Crippen LogP contribution >= 0.6 is 35.8 Å². The van der Waals surface area contributed by atoms with Gasteiger partial charge in [0.1, 0.15) is 11.4 Å². The highest BCUT2D eigenvalue weighted by atomic mass is 35.5. The minimum absolute atomic E-state index is 0.157. The lowest BCUT2D eigenvalue weighted by atomic mass is 10.1. The minimum atomic E-state index is -4.28. The van der Waals surface area contributed by atoms with Crippen molar-refractivity contribution in [1.82, 2.24) is 9.78 Å². The highest BCUT2D eigenvalue weighted by Gasteiger charge is 2.27. The molecule has 3 aromatic rings. The van der Waals surface area contributed by atoms with E-state index < -0.39 is 24.3 Å². The van der Waals surface area contributed by atoms with E-state index in [0.29, 0.717) is 38.3 Å². The number of nitrogens with zero attached hydrogens (tertiary/aromatic N) is 2. The number of ether oxygens (including phenoxy) is 1. The predicted octanol–water partition coefficient (Wildman–Crippen LogP) is 6.56. The molecule has 0 unspecified atom stereocenters. The highest BCUT2D eigenvalue weighted by molar-refractivity contribution is 7.97. The molecule has 1 aromatic heterocycles. The van der Waals surface area contributed by atoms with Gasteiger partial charge in [0, 0.05) is 16.1 Å². The summed E-state index contributed by atoms with van der Waals surface area (Å²) in [6.45, 7) is 1.25. The summed E-state index contributed by atoms with van der Waals surface area (Å²) >= 11 is 16.2. The van der Waals surface area contributed by atoms with Crippen LogP contribution in [-0.2, 0) is 0 Å². The molecule has 10 heteroatoms. The highest BCUT2D eigenvalue weighted by Crippen LogP contribution is 2.34. The molecule has 158 valence electrons. The average molecular weight is 475 g/mol. The topological polar surface area (TPSA) is 44.1 Å². The van der Waals surface area contributed by atoms with Crippen molar-refractivity contribution in [3.8, 4) is 22.7 Å². The Morgan fingerprint density at radius 2 is 1.83 bits per heavy atom. The van der Waals surface area contributed by atoms with Crippen LogP contribution < -0.4 is 4.74 Å². The molecule has 0 atom stereocenters. The molecule has 30 heavy (non-hydrogen) atoms. The van der Waals surface area contributed by atoms with E-state index >= 15 is 0 Å². The Hall–Kier alpha value is -2.16. The van der Waals surface area contributed by atoms with Crippen molar-refractivity contribution < 1.29 is 22.7 Å². The van der Waals surface area contributed by atoms with Gasteiger partial charge in [0.2, 0.25) is 5.12 Å². The van der Waals surface area contributed by atoms with Gasteiger partial charge < -0.3 is 4.74 Å². The molecule has 3 rings (SSSR count). The van der Waals surface area contributed by atoms with Crippen LogP contribution in [0, 0.1) is 6.92 Å². The van der Waals surface area contributed by atoms with Crippen LogP contribution in [-0.4, -0.2) is 27.7 Å². The van der Waals surface area contributed by atoms with Crippen molar-refractivity contribution in [2.45, 2.75) is 19.5 Å². The summed E-state index contributed by atoms with van der Waals surface area (Å²) in [6.07, 6.45) is -5.32. The summed E-state index contributed by atoms with van der Waals surface area (Å²) < 4.78 is 43.5. The molecule has 0 aliphatic heterocycles. The van der Waals surface area contributed by atoms with Crippen molar-refractivity contribution in [3.05, 3.63) is 63.8 Å². The fourth-order valence-electron chi connectivity index (χ4n) is 2.86. The molecule has 0 aliphatic carbocycles. The van der Waals surface area contributed by atoms with Gasteiger partial charge in [-0.2, -0.15) is 18.3 Å². The second-order valence-electron chi connectivity index (χ2n) is 6.37. The monoisotopic (exact) mass is 474 g/mol. The molecule has 0 aliphatic rings. The minimum Gasteiger partial charge on any atom is -0.493 e. The molecule has 0 spiro atoms. The van der Waals surface area contributed by atoms with E-state index in [1.165, 1.54) is 4.68 Å². The number of aromatic nitrogens is 2. The van der Waals surface area contributed by atoms with Crippen LogP contribution in [0.15, 0.2) is 42.5 Å². The normalized spacial score (nSPS) is 11.6. The number of hydrogen-bond acceptors (Lipinski definition) is 3. The molecule has 0 fully saturated rings. The van der Waals surface area contributed by atoms with Crippen LogP contribution in [0.5, 0.6) is 5.75 Å². The van der Waals surface area contributed by atoms with E-state index in [-0.39, 0.29) is 5.69 Å². The third-order valence-electron chi connectivity index (χ3n) is 4.24. The van der Waals surface area contributed by atoms with Crippen molar-refractivity contribution in [2.75, 3.05) is 6.61 Å². The van der Waals surface area contributed by atoms with Crippen LogP contribution in [0.1, 0.15) is 22.5 Å². The maximum Gasteiger partial charge on any atom is 0.392 e. The molecular weight excluding hydrogens is 460 g/mol. The molecule has 0 N–H and O–H groups in total. The van der Waals surface area contributed by atoms with Crippen LogP contribution in [0.2, 0.25) is 10.0 Å². The largest absolute Gasteiger partial charge is 0.493 e. The number of halogens is 5. The van der Waals surface area contributed by atoms with Crippen LogP contribution in [0.4, 0.5) is 13.2 Å². The van der Waals surface area contributed by atoms with Gasteiger partial charge >= 0.3 is 6.18 Å². The number of rotatable bonds is 6. The first-order valence-electron chi connectivity index (χ1n) is 8.65. The summed E-state index contributed by atoms with van der Waals surface area (Å²) in [5.41, 5.74) is 2.48. The van der Waals surface area contributed by atoms with E-state index in [4.69, 9.17) is 27.9 Å². The third-order valence-corrected chi connectivity index (χ3v) is 4.99. The molecule has 0 saturated carbocycles. The molecule has 4 nitrogen and oxygen atoms in total. The lowest BCUT2D eigenvalue weighted by molar-refractivity contribution is -0.139. The Balaban J connectivity index is 1.99. The zero-order valence-corrected chi connectivity index (χ0v) is 17.9. The van der Waals surface area contributed by atoms with E-state index in [9.17, 15) is 18.0 Å². The fourth-order valence-corrected chi connectivity index (χ4v) is 3.56. The van der Waals surface area contributed by atoms with Gasteiger partial charge in [-0.1, -0.05) is 35.8 Å². The Morgan fingerprint density at radius 1 is 1.17 bits per heavy atom. The smallest absolute Gasteiger partial charge is 0.392 e. The van der Waals surface area contributed by atoms with Crippen molar-refractivity contribution in [2.24, 2.45) is 0 Å². The first-order valence-corrected chi connectivity index (χ1v) is 9.85. The van der Waals surface area contributed by atoms with E-state index in [0.717, 1.165) is 0 Å². The summed E-state index contributed by atoms with van der Waals surface area (Å²) in [7, 11) is 0. The summed E-state index contributed by atoms with van der Waals surface area (Å²) in [5, 5.41) is 4.62. The van der Waals surface area contributed by atoms with Crippen molar-refractivity contribution >= 4 is 40.9 Å². The van der Waals surface area contributed by atoms with Gasteiger partial charge in [0.05, 0.1) is 29.4 Å². The molecule has 0 amide bonds. The van der Waals surface area contributed by atoms with Gasteiger partial charge in [-0.15, -0.1) is 0 Å². The van der Waals surface area contributed by atoms with E-state index in [2.05, 4.69) is 17.7 Å². The Bertz CT molecular complexity index is 1080. The van der Waals surface area contributed by atoms with Gasteiger partial charge in [-0.3, -0.25) is 4.79 Å². The Labute approximate surface area is 186 Å². The maximum absolute atomic E-state index is 12.3. The summed E-state index contributed by atoms with van der Waals surface area (Å²) in [5.74, 6) is 0.293. The zero-order valence-electron chi connectivity index (χ0n) is 15.5. The number of benzene rings is 2. The van der Waals surface area contributed by atoms with E-state index in [1.54, 1.807) is 49.4 Å². The first-order chi connectivity index (χ1) is 14.1. The zero-order chi connectivity index (χ0) is 22.1. The molecule has 0 radical (unpaired) electrons. The van der Waals surface area contributed by atoms with Gasteiger partial charge in [0.25, 0.3) is 0 Å². The maximum atomic E-state index is 12.3. The second-order valence-corrected chi connectivity index (χ2v) is 7.62. The molecule has 2 aromatic carbocycles. The van der Waals surface area contributed by atoms with Gasteiger partial charge in [0.15, 0.2) is 0 Å². The summed E-state index contributed by atoms with van der Waals surface area (Å²) in [4.78, 5) is 11.9. The fraction of sp³-hybridized carbons (Fsp3) is 0.200. The standard InChI is InChI=1S/C20H15Cl2F3N2O2S/c1-11-17(19(28)30)26-27(16-7-4-13(21)10-15(16)22)18(11)12-2-5-14(6-3-12)29-9-8-20(23,24)25/h2-7,10H,8-9H2,1H3,(H,28,30). The number of thiol groups is 1. The predicted molar refractivity (Wildman–Crippen MR) is 113 cm³/mol.